The van der Waals surface area contributed by atoms with E-state index in [2.05, 4.69) is 10.1 Å². The lowest BCUT2D eigenvalue weighted by Crippen LogP contribution is -2.41. The van der Waals surface area contributed by atoms with E-state index in [4.69, 9.17) is 0 Å². The number of hydrogen-bond donors (Lipinski definition) is 1. The first-order valence-corrected chi connectivity index (χ1v) is 8.85. The summed E-state index contributed by atoms with van der Waals surface area (Å²) in [6.45, 7) is 0.681. The molecule has 0 bridgehead atoms. The van der Waals surface area contributed by atoms with E-state index in [1.165, 1.54) is 0 Å². The molecule has 4 rings (SSSR count). The van der Waals surface area contributed by atoms with Crippen LogP contribution < -0.4 is 5.69 Å². The quantitative estimate of drug-likeness (QED) is 0.727. The topological polar surface area (TPSA) is 75.9 Å². The van der Waals surface area contributed by atoms with Gasteiger partial charge < -0.3 is 9.88 Å². The first-order valence-electron chi connectivity index (χ1n) is 8.85. The third kappa shape index (κ3) is 2.98. The van der Waals surface area contributed by atoms with Crippen LogP contribution in [0.1, 0.15) is 35.1 Å². The molecule has 1 saturated heterocycles. The van der Waals surface area contributed by atoms with Gasteiger partial charge in [-0.05, 0) is 18.9 Å². The molecule has 1 amide bonds. The Labute approximate surface area is 157 Å². The molecule has 7 nitrogen and oxygen atoms in total. The van der Waals surface area contributed by atoms with E-state index < -0.39 is 23.7 Å². The number of carbonyl (C=O) groups is 1. The molecule has 0 radical (unpaired) electrons. The molecule has 1 N–H and O–H groups in total. The van der Waals surface area contributed by atoms with Gasteiger partial charge in [-0.25, -0.2) is 9.48 Å². The second-order valence-electron chi connectivity index (χ2n) is 6.88. The van der Waals surface area contributed by atoms with Crippen LogP contribution in [0.25, 0.3) is 10.9 Å². The van der Waals surface area contributed by atoms with Gasteiger partial charge in [0.25, 0.3) is 5.91 Å². The number of piperidine rings is 1. The number of rotatable bonds is 2. The molecule has 1 fully saturated rings. The van der Waals surface area contributed by atoms with E-state index >= 15 is 0 Å². The molecule has 0 aliphatic carbocycles. The Morgan fingerprint density at radius 3 is 2.54 bits per heavy atom. The highest BCUT2D eigenvalue weighted by molar-refractivity contribution is 6.06. The van der Waals surface area contributed by atoms with Gasteiger partial charge in [-0.15, -0.1) is 5.10 Å². The zero-order valence-electron chi connectivity index (χ0n) is 15.0. The summed E-state index contributed by atoms with van der Waals surface area (Å²) in [5, 5.41) is 4.32. The molecule has 3 heterocycles. The number of halogens is 3. The fraction of sp³-hybridized carbons (Fsp3) is 0.389. The van der Waals surface area contributed by atoms with Gasteiger partial charge in [0.05, 0.1) is 11.6 Å². The monoisotopic (exact) mass is 393 g/mol. The van der Waals surface area contributed by atoms with Crippen molar-refractivity contribution in [2.75, 3.05) is 13.1 Å². The molecular formula is C18H18F3N5O2. The van der Waals surface area contributed by atoms with Crippen molar-refractivity contribution in [2.45, 2.75) is 25.1 Å². The second-order valence-corrected chi connectivity index (χ2v) is 6.88. The van der Waals surface area contributed by atoms with E-state index in [0.717, 1.165) is 22.6 Å². The van der Waals surface area contributed by atoms with Crippen LogP contribution in [0.5, 0.6) is 0 Å². The van der Waals surface area contributed by atoms with Crippen LogP contribution in [-0.4, -0.2) is 43.2 Å². The molecule has 0 saturated carbocycles. The third-order valence-corrected chi connectivity index (χ3v) is 5.17. The molecule has 1 aromatic carbocycles. The first-order chi connectivity index (χ1) is 13.3. The number of aromatic amines is 1. The van der Waals surface area contributed by atoms with Crippen molar-refractivity contribution in [1.29, 1.82) is 0 Å². The number of amides is 1. The molecule has 0 atom stereocenters. The Balaban J connectivity index is 1.51. The van der Waals surface area contributed by atoms with Crippen molar-refractivity contribution in [3.05, 3.63) is 52.3 Å². The van der Waals surface area contributed by atoms with E-state index in [1.54, 1.807) is 11.1 Å². The summed E-state index contributed by atoms with van der Waals surface area (Å²) in [6.07, 6.45) is -2.30. The standard InChI is InChI=1S/C18H18F3N5O2/c1-24-16(18(19,20)21)23-26(17(24)28)11-6-8-25(9-7-11)15(27)13-10-22-14-5-3-2-4-12(13)14/h2-5,10-11,22H,6-9H2,1H3. The van der Waals surface area contributed by atoms with Crippen LogP contribution in [-0.2, 0) is 13.2 Å². The van der Waals surface area contributed by atoms with E-state index in [9.17, 15) is 22.8 Å². The summed E-state index contributed by atoms with van der Waals surface area (Å²) in [5.74, 6) is -1.35. The average Bonchev–Trinajstić information content (AvgIpc) is 3.23. The number of fused-ring (bicyclic) bond motifs is 1. The number of alkyl halides is 3. The van der Waals surface area contributed by atoms with Crippen LogP contribution in [0.15, 0.2) is 35.3 Å². The molecule has 3 aromatic rings. The predicted octanol–water partition coefficient (Wildman–Crippen LogP) is 2.56. The van der Waals surface area contributed by atoms with Crippen molar-refractivity contribution in [1.82, 2.24) is 24.2 Å². The highest BCUT2D eigenvalue weighted by atomic mass is 19.4. The molecule has 148 valence electrons. The smallest absolute Gasteiger partial charge is 0.360 e. The molecular weight excluding hydrogens is 375 g/mol. The second kappa shape index (κ2) is 6.54. The molecule has 0 unspecified atom stereocenters. The van der Waals surface area contributed by atoms with Gasteiger partial charge in [0, 0.05) is 37.2 Å². The van der Waals surface area contributed by atoms with E-state index in [0.29, 0.717) is 36.1 Å². The molecule has 10 heteroatoms. The summed E-state index contributed by atoms with van der Waals surface area (Å²) in [6, 6.07) is 6.99. The van der Waals surface area contributed by atoms with Gasteiger partial charge in [-0.1, -0.05) is 18.2 Å². The molecule has 1 aliphatic rings. The largest absolute Gasteiger partial charge is 0.451 e. The predicted molar refractivity (Wildman–Crippen MR) is 94.9 cm³/mol. The maximum absolute atomic E-state index is 13.0. The third-order valence-electron chi connectivity index (χ3n) is 5.17. The van der Waals surface area contributed by atoms with Gasteiger partial charge >= 0.3 is 11.9 Å². The van der Waals surface area contributed by atoms with E-state index in [-0.39, 0.29) is 5.91 Å². The Morgan fingerprint density at radius 2 is 1.89 bits per heavy atom. The minimum Gasteiger partial charge on any atom is -0.360 e. The maximum atomic E-state index is 13.0. The highest BCUT2D eigenvalue weighted by Crippen LogP contribution is 2.28. The number of hydrogen-bond acceptors (Lipinski definition) is 3. The zero-order chi connectivity index (χ0) is 20.1. The van der Waals surface area contributed by atoms with Gasteiger partial charge in [-0.2, -0.15) is 13.2 Å². The fourth-order valence-corrected chi connectivity index (χ4v) is 3.67. The molecule has 2 aromatic heterocycles. The van der Waals surface area contributed by atoms with Gasteiger partial charge in [-0.3, -0.25) is 9.36 Å². The number of para-hydroxylation sites is 1. The summed E-state index contributed by atoms with van der Waals surface area (Å²) >= 11 is 0. The lowest BCUT2D eigenvalue weighted by Gasteiger charge is -2.31. The number of H-pyrrole nitrogens is 1. The first kappa shape index (κ1) is 18.3. The summed E-state index contributed by atoms with van der Waals surface area (Å²) < 4.78 is 40.3. The van der Waals surface area contributed by atoms with E-state index in [1.807, 2.05) is 24.3 Å². The van der Waals surface area contributed by atoms with Crippen LogP contribution in [0, 0.1) is 0 Å². The number of carbonyl (C=O) groups excluding carboxylic acids is 1. The van der Waals surface area contributed by atoms with Crippen LogP contribution in [0.4, 0.5) is 13.2 Å². The summed E-state index contributed by atoms with van der Waals surface area (Å²) in [7, 11) is 1.06. The van der Waals surface area contributed by atoms with Gasteiger partial charge in [0.2, 0.25) is 5.82 Å². The average molecular weight is 393 g/mol. The Morgan fingerprint density at radius 1 is 1.21 bits per heavy atom. The zero-order valence-corrected chi connectivity index (χ0v) is 15.0. The summed E-state index contributed by atoms with van der Waals surface area (Å²) in [5.41, 5.74) is 0.623. The van der Waals surface area contributed by atoms with Crippen molar-refractivity contribution in [2.24, 2.45) is 7.05 Å². The molecule has 28 heavy (non-hydrogen) atoms. The maximum Gasteiger partial charge on any atom is 0.451 e. The van der Waals surface area contributed by atoms with Crippen molar-refractivity contribution in [3.63, 3.8) is 0 Å². The van der Waals surface area contributed by atoms with Crippen LogP contribution in [0.3, 0.4) is 0 Å². The number of nitrogens with zero attached hydrogens (tertiary/aromatic N) is 4. The number of likely N-dealkylation sites (tertiary alicyclic amines) is 1. The van der Waals surface area contributed by atoms with Gasteiger partial charge in [0.1, 0.15) is 0 Å². The Hall–Kier alpha value is -3.04. The van der Waals surface area contributed by atoms with Crippen molar-refractivity contribution >= 4 is 16.8 Å². The van der Waals surface area contributed by atoms with Crippen LogP contribution in [0.2, 0.25) is 0 Å². The lowest BCUT2D eigenvalue weighted by atomic mass is 10.0. The Bertz CT molecular complexity index is 1090. The lowest BCUT2D eigenvalue weighted by molar-refractivity contribution is -0.147. The number of benzene rings is 1. The molecule has 0 spiro atoms. The van der Waals surface area contributed by atoms with Gasteiger partial charge in [0.15, 0.2) is 0 Å². The molecule has 1 aliphatic heterocycles. The van der Waals surface area contributed by atoms with Crippen LogP contribution >= 0.6 is 0 Å². The highest BCUT2D eigenvalue weighted by Gasteiger charge is 2.39. The van der Waals surface area contributed by atoms with Crippen molar-refractivity contribution < 1.29 is 18.0 Å². The minimum absolute atomic E-state index is 0.139. The normalized spacial score (nSPS) is 16.1. The number of aromatic nitrogens is 4. The Kier molecular flexibility index (Phi) is 4.28. The minimum atomic E-state index is -4.69. The fourth-order valence-electron chi connectivity index (χ4n) is 3.67. The summed E-state index contributed by atoms with van der Waals surface area (Å²) in [4.78, 5) is 29.7. The SMILES string of the molecule is Cn1c(C(F)(F)F)nn(C2CCN(C(=O)c3c[nH]c4ccccc34)CC2)c1=O. The number of nitrogens with one attached hydrogen (secondary N) is 1. The van der Waals surface area contributed by atoms with Crippen molar-refractivity contribution in [3.8, 4) is 0 Å².